The van der Waals surface area contributed by atoms with E-state index >= 15 is 0 Å². The number of benzene rings is 3. The minimum atomic E-state index is -0.329. The number of fused-ring (bicyclic) bond motifs is 1. The van der Waals surface area contributed by atoms with Gasteiger partial charge in [0.15, 0.2) is 4.80 Å². The van der Waals surface area contributed by atoms with Crippen molar-refractivity contribution >= 4 is 27.5 Å². The van der Waals surface area contributed by atoms with Crippen LogP contribution in [0.3, 0.4) is 0 Å². The second-order valence-corrected chi connectivity index (χ2v) is 7.27. The fraction of sp³-hybridized carbons (Fsp3) is 0.0435. The fourth-order valence-corrected chi connectivity index (χ4v) is 4.09. The van der Waals surface area contributed by atoms with Gasteiger partial charge in [0.05, 0.1) is 10.2 Å². The van der Waals surface area contributed by atoms with Crippen LogP contribution in [0.2, 0.25) is 0 Å². The second kappa shape index (κ2) is 7.74. The quantitative estimate of drug-likeness (QED) is 0.429. The molecule has 4 aromatic rings. The van der Waals surface area contributed by atoms with E-state index in [4.69, 9.17) is 0 Å². The van der Waals surface area contributed by atoms with Gasteiger partial charge in [-0.1, -0.05) is 59.9 Å². The molecule has 0 aliphatic carbocycles. The summed E-state index contributed by atoms with van der Waals surface area (Å²) in [5.41, 5.74) is 3.47. The first-order chi connectivity index (χ1) is 13.7. The second-order valence-electron chi connectivity index (χ2n) is 6.26. The lowest BCUT2D eigenvalue weighted by Crippen LogP contribution is -2.16. The molecule has 3 aromatic carbocycles. The summed E-state index contributed by atoms with van der Waals surface area (Å²) >= 11 is 1.29. The number of thiazole rings is 1. The third kappa shape index (κ3) is 3.57. The predicted molar refractivity (Wildman–Crippen MR) is 112 cm³/mol. The average Bonchev–Trinajstić information content (AvgIpc) is 3.05. The van der Waals surface area contributed by atoms with Crippen LogP contribution in [0, 0.1) is 5.82 Å². The third-order valence-electron chi connectivity index (χ3n) is 4.39. The molecule has 0 unspecified atom stereocenters. The van der Waals surface area contributed by atoms with Crippen LogP contribution < -0.4 is 4.80 Å². The molecular formula is C23H17FN2OS. The number of carbonyl (C=O) groups excluding carboxylic acids is 1. The Morgan fingerprint density at radius 3 is 2.46 bits per heavy atom. The maximum Gasteiger partial charge on any atom is 0.279 e. The molecule has 28 heavy (non-hydrogen) atoms. The van der Waals surface area contributed by atoms with Crippen molar-refractivity contribution in [3.8, 4) is 11.1 Å². The van der Waals surface area contributed by atoms with E-state index in [0.717, 1.165) is 21.3 Å². The molecule has 0 saturated carbocycles. The van der Waals surface area contributed by atoms with Crippen LogP contribution in [0.25, 0.3) is 21.3 Å². The van der Waals surface area contributed by atoms with Crippen molar-refractivity contribution in [2.24, 2.45) is 4.99 Å². The number of aromatic nitrogens is 1. The summed E-state index contributed by atoms with van der Waals surface area (Å²) in [6, 6.07) is 21.9. The van der Waals surface area contributed by atoms with Crippen molar-refractivity contribution in [1.29, 1.82) is 0 Å². The van der Waals surface area contributed by atoms with Crippen molar-refractivity contribution < 1.29 is 9.18 Å². The SMILES string of the molecule is C=CCn1c(=NC(=O)c2ccc(-c3ccccc3)cc2)sc2cc(F)ccc21. The first kappa shape index (κ1) is 18.1. The van der Waals surface area contributed by atoms with Gasteiger partial charge >= 0.3 is 0 Å². The molecule has 0 aliphatic rings. The van der Waals surface area contributed by atoms with Gasteiger partial charge in [-0.05, 0) is 41.5 Å². The molecule has 0 bridgehead atoms. The summed E-state index contributed by atoms with van der Waals surface area (Å²) in [5.74, 6) is -0.640. The van der Waals surface area contributed by atoms with Crippen LogP contribution in [-0.2, 0) is 6.54 Å². The Labute approximate surface area is 165 Å². The van der Waals surface area contributed by atoms with Crippen LogP contribution >= 0.6 is 11.3 Å². The van der Waals surface area contributed by atoms with Crippen molar-refractivity contribution in [2.45, 2.75) is 6.54 Å². The van der Waals surface area contributed by atoms with Crippen LogP contribution in [0.1, 0.15) is 10.4 Å². The molecule has 1 aromatic heterocycles. The zero-order valence-electron chi connectivity index (χ0n) is 15.0. The molecule has 3 nitrogen and oxygen atoms in total. The van der Waals surface area contributed by atoms with Gasteiger partial charge in [0.25, 0.3) is 5.91 Å². The first-order valence-electron chi connectivity index (χ1n) is 8.80. The number of amides is 1. The van der Waals surface area contributed by atoms with Gasteiger partial charge in [-0.2, -0.15) is 4.99 Å². The Morgan fingerprint density at radius 1 is 1.04 bits per heavy atom. The zero-order chi connectivity index (χ0) is 19.5. The maximum atomic E-state index is 13.5. The van der Waals surface area contributed by atoms with Crippen LogP contribution in [0.5, 0.6) is 0 Å². The molecular weight excluding hydrogens is 371 g/mol. The smallest absolute Gasteiger partial charge is 0.279 e. The minimum absolute atomic E-state index is 0.311. The molecule has 1 amide bonds. The molecule has 0 fully saturated rings. The van der Waals surface area contributed by atoms with Crippen molar-refractivity contribution in [2.75, 3.05) is 0 Å². The summed E-state index contributed by atoms with van der Waals surface area (Å²) in [6.45, 7) is 4.25. The van der Waals surface area contributed by atoms with Crippen molar-refractivity contribution in [3.63, 3.8) is 0 Å². The van der Waals surface area contributed by atoms with Crippen LogP contribution in [0.4, 0.5) is 4.39 Å². The van der Waals surface area contributed by atoms with E-state index in [0.29, 0.717) is 16.9 Å². The van der Waals surface area contributed by atoms with E-state index in [1.807, 2.05) is 47.0 Å². The number of allylic oxidation sites excluding steroid dienone is 1. The number of rotatable bonds is 4. The molecule has 0 N–H and O–H groups in total. The average molecular weight is 388 g/mol. The highest BCUT2D eigenvalue weighted by Crippen LogP contribution is 2.21. The molecule has 0 saturated heterocycles. The van der Waals surface area contributed by atoms with Gasteiger partial charge in [-0.3, -0.25) is 4.79 Å². The molecule has 0 aliphatic heterocycles. The molecule has 0 atom stereocenters. The Hall–Kier alpha value is -3.31. The Kier molecular flexibility index (Phi) is 5.00. The molecule has 1 heterocycles. The lowest BCUT2D eigenvalue weighted by Gasteiger charge is -2.03. The van der Waals surface area contributed by atoms with E-state index in [-0.39, 0.29) is 11.7 Å². The number of nitrogens with zero attached hydrogens (tertiary/aromatic N) is 2. The van der Waals surface area contributed by atoms with Gasteiger partial charge in [0, 0.05) is 12.1 Å². The summed E-state index contributed by atoms with van der Waals surface area (Å²) in [6.07, 6.45) is 1.73. The number of halogens is 1. The third-order valence-corrected chi connectivity index (χ3v) is 5.43. The molecule has 0 spiro atoms. The van der Waals surface area contributed by atoms with Crippen molar-refractivity contribution in [3.05, 3.63) is 102 Å². The topological polar surface area (TPSA) is 34.4 Å². The van der Waals surface area contributed by atoms with E-state index in [2.05, 4.69) is 11.6 Å². The molecule has 5 heteroatoms. The Balaban J connectivity index is 1.71. The van der Waals surface area contributed by atoms with Crippen LogP contribution in [-0.4, -0.2) is 10.5 Å². The number of hydrogen-bond acceptors (Lipinski definition) is 2. The van der Waals surface area contributed by atoms with Gasteiger partial charge in [-0.15, -0.1) is 6.58 Å². The highest BCUT2D eigenvalue weighted by Gasteiger charge is 2.10. The lowest BCUT2D eigenvalue weighted by molar-refractivity contribution is 0.0998. The normalized spacial score (nSPS) is 11.7. The van der Waals surface area contributed by atoms with E-state index in [9.17, 15) is 9.18 Å². The summed E-state index contributed by atoms with van der Waals surface area (Å²) < 4.78 is 16.2. The highest BCUT2D eigenvalue weighted by molar-refractivity contribution is 7.16. The molecule has 138 valence electrons. The van der Waals surface area contributed by atoms with Gasteiger partial charge in [0.2, 0.25) is 0 Å². The fourth-order valence-electron chi connectivity index (χ4n) is 3.03. The molecule has 0 radical (unpaired) electrons. The Bertz CT molecular complexity index is 1220. The van der Waals surface area contributed by atoms with E-state index in [1.165, 1.54) is 23.5 Å². The summed E-state index contributed by atoms with van der Waals surface area (Å²) in [5, 5.41) is 0. The number of carbonyl (C=O) groups is 1. The lowest BCUT2D eigenvalue weighted by atomic mass is 10.0. The van der Waals surface area contributed by atoms with Gasteiger partial charge in [-0.25, -0.2) is 4.39 Å². The minimum Gasteiger partial charge on any atom is -0.312 e. The number of hydrogen-bond donors (Lipinski definition) is 0. The molecule has 4 rings (SSSR count). The van der Waals surface area contributed by atoms with E-state index < -0.39 is 0 Å². The van der Waals surface area contributed by atoms with Crippen molar-refractivity contribution in [1.82, 2.24) is 4.57 Å². The standard InChI is InChI=1S/C23H17FN2OS/c1-2-14-26-20-13-12-19(24)15-21(20)28-23(26)25-22(27)18-10-8-17(9-11-18)16-6-4-3-5-7-16/h2-13,15H,1,14H2. The summed E-state index contributed by atoms with van der Waals surface area (Å²) in [7, 11) is 0. The Morgan fingerprint density at radius 2 is 1.75 bits per heavy atom. The largest absolute Gasteiger partial charge is 0.312 e. The maximum absolute atomic E-state index is 13.5. The summed E-state index contributed by atoms with van der Waals surface area (Å²) in [4.78, 5) is 17.5. The predicted octanol–water partition coefficient (Wildman–Crippen LogP) is 5.44. The van der Waals surface area contributed by atoms with E-state index in [1.54, 1.807) is 24.3 Å². The highest BCUT2D eigenvalue weighted by atomic mass is 32.1. The van der Waals surface area contributed by atoms with Gasteiger partial charge in [0.1, 0.15) is 5.82 Å². The monoisotopic (exact) mass is 388 g/mol. The first-order valence-corrected chi connectivity index (χ1v) is 9.62. The zero-order valence-corrected chi connectivity index (χ0v) is 15.8. The van der Waals surface area contributed by atoms with Crippen LogP contribution in [0.15, 0.2) is 90.4 Å². The van der Waals surface area contributed by atoms with Gasteiger partial charge < -0.3 is 4.57 Å².